The van der Waals surface area contributed by atoms with Crippen LogP contribution in [0.15, 0.2) is 46.7 Å². The Labute approximate surface area is 253 Å². The maximum Gasteiger partial charge on any atom is 0.490 e. The summed E-state index contributed by atoms with van der Waals surface area (Å²) in [6.07, 6.45) is -4.79. The number of carboxylic acids is 1. The summed E-state index contributed by atoms with van der Waals surface area (Å²) in [4.78, 5) is 39.8. The van der Waals surface area contributed by atoms with Crippen molar-refractivity contribution in [2.45, 2.75) is 23.2 Å². The fraction of sp³-hybridized carbons (Fsp3) is 0.333. The van der Waals surface area contributed by atoms with Crippen LogP contribution >= 0.6 is 18.9 Å². The van der Waals surface area contributed by atoms with Gasteiger partial charge in [-0.3, -0.25) is 9.36 Å². The molecule has 0 aliphatic rings. The lowest BCUT2D eigenvalue weighted by Gasteiger charge is -2.12. The number of fused-ring (bicyclic) bond motifs is 1. The van der Waals surface area contributed by atoms with Gasteiger partial charge in [-0.2, -0.15) is 17.9 Å². The maximum atomic E-state index is 13.0. The van der Waals surface area contributed by atoms with E-state index in [1.54, 1.807) is 36.4 Å². The highest BCUT2D eigenvalue weighted by Crippen LogP contribution is 2.35. The number of benzene rings is 2. The number of sulfonamides is 1. The topological polar surface area (TPSA) is 241 Å². The second-order valence-corrected chi connectivity index (χ2v) is 13.4. The summed E-state index contributed by atoms with van der Waals surface area (Å²) in [7, 11) is -8.67. The molecule has 44 heavy (non-hydrogen) atoms. The van der Waals surface area contributed by atoms with E-state index in [9.17, 15) is 30.9 Å². The molecule has 14 nitrogen and oxygen atoms in total. The summed E-state index contributed by atoms with van der Waals surface area (Å²) < 4.78 is 81.3. The van der Waals surface area contributed by atoms with Gasteiger partial charge in [0.2, 0.25) is 0 Å². The Balaban J connectivity index is 0.000000860. The van der Waals surface area contributed by atoms with Crippen molar-refractivity contribution in [1.82, 2.24) is 4.72 Å². The zero-order chi connectivity index (χ0) is 33.1. The molecule has 9 N–H and O–H groups in total. The van der Waals surface area contributed by atoms with Gasteiger partial charge in [0, 0.05) is 22.0 Å². The molecule has 0 atom stereocenters. The quantitative estimate of drug-likeness (QED) is 0.0957. The highest BCUT2D eigenvalue weighted by atomic mass is 32.2. The molecule has 0 aliphatic carbocycles. The van der Waals surface area contributed by atoms with Crippen LogP contribution in [0.3, 0.4) is 0 Å². The molecule has 0 radical (unpaired) electrons. The molecular formula is C24H30F3N4O10PS2. The van der Waals surface area contributed by atoms with Gasteiger partial charge in [-0.15, -0.1) is 11.3 Å². The van der Waals surface area contributed by atoms with Gasteiger partial charge >= 0.3 is 19.7 Å². The Kier molecular flexibility index (Phi) is 13.5. The fourth-order valence-electron chi connectivity index (χ4n) is 3.09. The van der Waals surface area contributed by atoms with Crippen LogP contribution in [0.4, 0.5) is 18.9 Å². The number of hydrogen-bond acceptors (Lipinski definition) is 10. The van der Waals surface area contributed by atoms with Gasteiger partial charge in [0.15, 0.2) is 0 Å². The number of nitrogens with one attached hydrogen (secondary N) is 2. The SMILES string of the molecule is NCCCOc1cc(OCCCN)cc(C(=O)Nc2ccc3sc(S(=O)(=O)NCP(=O)(O)O)cc3c2)c1.O=C(O)C(F)(F)F. The monoisotopic (exact) mass is 686 g/mol. The number of thiophene rings is 1. The minimum absolute atomic E-state index is 0.110. The fourth-order valence-corrected chi connectivity index (χ4v) is 6.53. The normalized spacial score (nSPS) is 11.9. The summed E-state index contributed by atoms with van der Waals surface area (Å²) in [6, 6.07) is 11.1. The van der Waals surface area contributed by atoms with Crippen molar-refractivity contribution in [2.24, 2.45) is 11.5 Å². The lowest BCUT2D eigenvalue weighted by molar-refractivity contribution is -0.192. The second kappa shape index (κ2) is 16.1. The predicted molar refractivity (Wildman–Crippen MR) is 155 cm³/mol. The lowest BCUT2D eigenvalue weighted by Crippen LogP contribution is -2.23. The van der Waals surface area contributed by atoms with Crippen molar-refractivity contribution in [3.63, 3.8) is 0 Å². The van der Waals surface area contributed by atoms with Crippen molar-refractivity contribution in [1.29, 1.82) is 0 Å². The van der Waals surface area contributed by atoms with E-state index >= 15 is 0 Å². The molecule has 0 fully saturated rings. The standard InChI is InChI=1S/C22H29N4O8PS2.C2HF3O2/c23-5-1-7-33-18-10-16(11-19(13-18)34-8-2-6-24)22(27)26-17-3-4-20-15(9-17)12-21(36-20)37(31,32)25-14-35(28,29)30;3-2(4,5)1(6)7/h3-4,9-13,25H,1-2,5-8,14,23-24H2,(H,26,27)(H2,28,29,30);(H,6,7). The van der Waals surface area contributed by atoms with Gasteiger partial charge in [0.05, 0.1) is 13.2 Å². The Bertz CT molecular complexity index is 1570. The molecule has 0 bridgehead atoms. The van der Waals surface area contributed by atoms with E-state index in [1.165, 1.54) is 6.07 Å². The third-order valence-electron chi connectivity index (χ3n) is 5.10. The van der Waals surface area contributed by atoms with Crippen molar-refractivity contribution < 1.29 is 60.1 Å². The van der Waals surface area contributed by atoms with Gasteiger partial charge in [0.25, 0.3) is 15.9 Å². The van der Waals surface area contributed by atoms with Gasteiger partial charge in [-0.05, 0) is 67.7 Å². The highest BCUT2D eigenvalue weighted by Gasteiger charge is 2.38. The molecule has 0 saturated carbocycles. The maximum absolute atomic E-state index is 13.0. The van der Waals surface area contributed by atoms with Crippen molar-refractivity contribution >= 4 is 56.6 Å². The molecular weight excluding hydrogens is 656 g/mol. The molecule has 2 aromatic carbocycles. The summed E-state index contributed by atoms with van der Waals surface area (Å²) in [5, 5.41) is 10.4. The zero-order valence-electron chi connectivity index (χ0n) is 22.7. The van der Waals surface area contributed by atoms with Crippen LogP contribution in [-0.4, -0.2) is 74.0 Å². The number of amides is 1. The van der Waals surface area contributed by atoms with E-state index in [1.807, 2.05) is 4.72 Å². The molecule has 0 saturated heterocycles. The van der Waals surface area contributed by atoms with Crippen molar-refractivity contribution in [3.8, 4) is 11.5 Å². The van der Waals surface area contributed by atoms with E-state index in [4.69, 9.17) is 40.6 Å². The summed E-state index contributed by atoms with van der Waals surface area (Å²) in [6.45, 7) is 1.70. The highest BCUT2D eigenvalue weighted by molar-refractivity contribution is 7.92. The largest absolute Gasteiger partial charge is 0.493 e. The summed E-state index contributed by atoms with van der Waals surface area (Å²) >= 11 is 0.934. The van der Waals surface area contributed by atoms with Crippen molar-refractivity contribution in [3.05, 3.63) is 48.0 Å². The first kappa shape index (κ1) is 36.9. The Hall–Kier alpha value is -3.29. The Morgan fingerprint density at radius 2 is 1.50 bits per heavy atom. The van der Waals surface area contributed by atoms with Crippen LogP contribution in [0.1, 0.15) is 23.2 Å². The predicted octanol–water partition coefficient (Wildman–Crippen LogP) is 2.66. The number of alkyl halides is 3. The zero-order valence-corrected chi connectivity index (χ0v) is 25.3. The molecule has 1 aromatic heterocycles. The lowest BCUT2D eigenvalue weighted by atomic mass is 10.1. The minimum atomic E-state index is -5.08. The minimum Gasteiger partial charge on any atom is -0.493 e. The summed E-state index contributed by atoms with van der Waals surface area (Å²) in [5.74, 6) is -2.28. The number of carbonyl (C=O) groups is 2. The van der Waals surface area contributed by atoms with Gasteiger partial charge in [-0.1, -0.05) is 0 Å². The van der Waals surface area contributed by atoms with E-state index in [-0.39, 0.29) is 4.21 Å². The first-order chi connectivity index (χ1) is 20.4. The number of hydrogen-bond donors (Lipinski definition) is 7. The second-order valence-electron chi connectivity index (χ2n) is 8.72. The number of halogens is 3. The Morgan fingerprint density at radius 3 is 1.98 bits per heavy atom. The van der Waals surface area contributed by atoms with Gasteiger partial charge in [0.1, 0.15) is 22.0 Å². The smallest absolute Gasteiger partial charge is 0.490 e. The van der Waals surface area contributed by atoms with E-state index in [0.29, 0.717) is 72.0 Å². The number of carbonyl (C=O) groups excluding carboxylic acids is 1. The molecule has 0 unspecified atom stereocenters. The van der Waals surface area contributed by atoms with Crippen LogP contribution in [-0.2, 0) is 19.4 Å². The molecule has 0 aliphatic heterocycles. The van der Waals surface area contributed by atoms with Crippen molar-refractivity contribution in [2.75, 3.05) is 37.9 Å². The van der Waals surface area contributed by atoms with Crippen LogP contribution in [0, 0.1) is 0 Å². The van der Waals surface area contributed by atoms with E-state index in [2.05, 4.69) is 5.32 Å². The molecule has 1 heterocycles. The third kappa shape index (κ3) is 12.4. The van der Waals surface area contributed by atoms with Gasteiger partial charge < -0.3 is 41.2 Å². The molecule has 3 aromatic rings. The number of anilines is 1. The molecule has 3 rings (SSSR count). The molecule has 20 heteroatoms. The summed E-state index contributed by atoms with van der Waals surface area (Å²) in [5.41, 5.74) is 11.7. The number of carboxylic acid groups (broad SMARTS) is 1. The van der Waals surface area contributed by atoms with E-state index < -0.39 is 42.0 Å². The number of aliphatic carboxylic acids is 1. The van der Waals surface area contributed by atoms with Gasteiger partial charge in [-0.25, -0.2) is 13.2 Å². The number of nitrogens with two attached hydrogens (primary N) is 2. The number of rotatable bonds is 14. The molecule has 244 valence electrons. The number of ether oxygens (including phenoxy) is 2. The molecule has 0 spiro atoms. The average molecular weight is 687 g/mol. The van der Waals surface area contributed by atoms with Crippen LogP contribution < -0.4 is 31.0 Å². The van der Waals surface area contributed by atoms with Crippen LogP contribution in [0.25, 0.3) is 10.1 Å². The average Bonchev–Trinajstić information content (AvgIpc) is 3.36. The first-order valence-electron chi connectivity index (χ1n) is 12.5. The molecule has 1 amide bonds. The van der Waals surface area contributed by atoms with E-state index in [0.717, 1.165) is 11.3 Å². The first-order valence-corrected chi connectivity index (χ1v) is 16.5. The Morgan fingerprint density at radius 1 is 0.955 bits per heavy atom. The van der Waals surface area contributed by atoms with Crippen LogP contribution in [0.5, 0.6) is 11.5 Å². The van der Waals surface area contributed by atoms with Crippen LogP contribution in [0.2, 0.25) is 0 Å². The third-order valence-corrected chi connectivity index (χ3v) is 8.87.